The molecule has 0 radical (unpaired) electrons. The zero-order chi connectivity index (χ0) is 13.3. The Morgan fingerprint density at radius 3 is 2.65 bits per heavy atom. The maximum Gasteiger partial charge on any atom is 0.328 e. The second kappa shape index (κ2) is 9.07. The molecule has 0 aliphatic heterocycles. The molecular formula is C11H19NO4S. The Kier molecular flexibility index (Phi) is 8.53. The molecule has 5 nitrogen and oxygen atoms in total. The number of carbonyl (C=O) groups excluding carboxylic acids is 1. The predicted molar refractivity (Wildman–Crippen MR) is 67.7 cm³/mol. The highest BCUT2D eigenvalue weighted by molar-refractivity contribution is 7.99. The van der Waals surface area contributed by atoms with Crippen molar-refractivity contribution in [1.82, 2.24) is 4.90 Å². The van der Waals surface area contributed by atoms with Crippen molar-refractivity contribution in [2.24, 2.45) is 0 Å². The first kappa shape index (κ1) is 16.0. The molecule has 98 valence electrons. The average molecular weight is 261 g/mol. The summed E-state index contributed by atoms with van der Waals surface area (Å²) < 4.78 is 5.31. The Morgan fingerprint density at radius 2 is 2.18 bits per heavy atom. The molecule has 1 N–H and O–H groups in total. The van der Waals surface area contributed by atoms with E-state index < -0.39 is 5.97 Å². The average Bonchev–Trinajstić information content (AvgIpc) is 2.25. The van der Waals surface area contributed by atoms with Gasteiger partial charge in [0, 0.05) is 19.0 Å². The number of aliphatic carboxylic acids is 1. The first-order chi connectivity index (χ1) is 7.99. The molecule has 0 fully saturated rings. The maximum atomic E-state index is 11.4. The molecule has 1 unspecified atom stereocenters. The molecule has 0 aliphatic carbocycles. The van der Waals surface area contributed by atoms with Gasteiger partial charge in [0.25, 0.3) is 0 Å². The van der Waals surface area contributed by atoms with Crippen LogP contribution in [0.4, 0.5) is 0 Å². The highest BCUT2D eigenvalue weighted by atomic mass is 32.2. The van der Waals surface area contributed by atoms with E-state index in [-0.39, 0.29) is 18.7 Å². The van der Waals surface area contributed by atoms with Crippen LogP contribution in [-0.2, 0) is 14.3 Å². The summed E-state index contributed by atoms with van der Waals surface area (Å²) in [5, 5.41) is 8.50. The number of amides is 1. The minimum Gasteiger partial charge on any atom is -0.478 e. The molecule has 0 heterocycles. The van der Waals surface area contributed by atoms with Crippen molar-refractivity contribution < 1.29 is 19.4 Å². The van der Waals surface area contributed by atoms with E-state index in [1.165, 1.54) is 17.9 Å². The van der Waals surface area contributed by atoms with E-state index in [4.69, 9.17) is 9.84 Å². The van der Waals surface area contributed by atoms with E-state index in [9.17, 15) is 9.59 Å². The van der Waals surface area contributed by atoms with E-state index >= 15 is 0 Å². The van der Waals surface area contributed by atoms with Crippen LogP contribution in [0, 0.1) is 0 Å². The van der Waals surface area contributed by atoms with E-state index in [0.717, 1.165) is 11.8 Å². The highest BCUT2D eigenvalue weighted by Crippen LogP contribution is 2.05. The van der Waals surface area contributed by atoms with Gasteiger partial charge in [0.1, 0.15) is 6.73 Å². The van der Waals surface area contributed by atoms with Crippen molar-refractivity contribution in [3.05, 3.63) is 12.2 Å². The molecule has 0 saturated carbocycles. The summed E-state index contributed by atoms with van der Waals surface area (Å²) in [5.41, 5.74) is 0. The van der Waals surface area contributed by atoms with Gasteiger partial charge in [0.2, 0.25) is 5.91 Å². The van der Waals surface area contributed by atoms with Crippen LogP contribution < -0.4 is 0 Å². The Bertz CT molecular complexity index is 281. The van der Waals surface area contributed by atoms with E-state index in [2.05, 4.69) is 0 Å². The van der Waals surface area contributed by atoms with Gasteiger partial charge in [0.05, 0.1) is 5.94 Å². The number of hydrogen-bond acceptors (Lipinski definition) is 4. The van der Waals surface area contributed by atoms with Crippen molar-refractivity contribution >= 4 is 23.6 Å². The summed E-state index contributed by atoms with van der Waals surface area (Å²) in [4.78, 5) is 23.2. The Hall–Kier alpha value is -1.01. The third-order valence-electron chi connectivity index (χ3n) is 2.01. The number of ether oxygens (including phenoxy) is 1. The lowest BCUT2D eigenvalue weighted by molar-refractivity contribution is -0.135. The van der Waals surface area contributed by atoms with Gasteiger partial charge >= 0.3 is 5.97 Å². The smallest absolute Gasteiger partial charge is 0.328 e. The van der Waals surface area contributed by atoms with Crippen LogP contribution in [0.2, 0.25) is 0 Å². The second-order valence-electron chi connectivity index (χ2n) is 3.37. The normalized spacial score (nSPS) is 12.6. The lowest BCUT2D eigenvalue weighted by Crippen LogP contribution is -2.37. The Morgan fingerprint density at radius 1 is 1.53 bits per heavy atom. The van der Waals surface area contributed by atoms with Crippen molar-refractivity contribution in [2.45, 2.75) is 26.8 Å². The molecule has 17 heavy (non-hydrogen) atoms. The summed E-state index contributed by atoms with van der Waals surface area (Å²) in [6.45, 7) is 5.38. The Labute approximate surface area is 106 Å². The molecule has 0 bridgehead atoms. The fourth-order valence-corrected chi connectivity index (χ4v) is 1.46. The van der Waals surface area contributed by atoms with Crippen LogP contribution in [0.3, 0.4) is 0 Å². The third kappa shape index (κ3) is 7.82. The zero-order valence-corrected chi connectivity index (χ0v) is 11.2. The van der Waals surface area contributed by atoms with Crippen LogP contribution in [0.5, 0.6) is 0 Å². The minimum absolute atomic E-state index is 0.144. The van der Waals surface area contributed by atoms with Crippen LogP contribution in [0.25, 0.3) is 0 Å². The summed E-state index contributed by atoms with van der Waals surface area (Å²) in [6, 6.07) is -0.296. The largest absolute Gasteiger partial charge is 0.478 e. The number of nitrogens with zero attached hydrogens (tertiary/aromatic N) is 1. The molecule has 0 saturated heterocycles. The minimum atomic E-state index is -1.03. The van der Waals surface area contributed by atoms with Crippen molar-refractivity contribution in [1.29, 1.82) is 0 Å². The summed E-state index contributed by atoms with van der Waals surface area (Å²) in [7, 11) is 0. The summed E-state index contributed by atoms with van der Waals surface area (Å²) in [5.74, 6) is 0.307. The fourth-order valence-electron chi connectivity index (χ4n) is 1.10. The SMILES string of the molecule is CCSCOCN(C(C)=O)C(C)/C=C/C(=O)O. The first-order valence-electron chi connectivity index (χ1n) is 5.32. The molecule has 0 aromatic heterocycles. The Balaban J connectivity index is 4.22. The molecule has 1 atom stereocenters. The fraction of sp³-hybridized carbons (Fsp3) is 0.636. The maximum absolute atomic E-state index is 11.4. The number of hydrogen-bond donors (Lipinski definition) is 1. The number of carbonyl (C=O) groups is 2. The molecule has 1 amide bonds. The molecule has 0 spiro atoms. The van der Waals surface area contributed by atoms with Crippen molar-refractivity contribution in [3.8, 4) is 0 Å². The molecule has 6 heteroatoms. The molecule has 0 aromatic rings. The van der Waals surface area contributed by atoms with Gasteiger partial charge in [-0.2, -0.15) is 0 Å². The zero-order valence-electron chi connectivity index (χ0n) is 10.4. The highest BCUT2D eigenvalue weighted by Gasteiger charge is 2.14. The van der Waals surface area contributed by atoms with Gasteiger partial charge < -0.3 is 14.7 Å². The van der Waals surface area contributed by atoms with Gasteiger partial charge in [-0.05, 0) is 12.7 Å². The monoisotopic (exact) mass is 261 g/mol. The molecule has 0 aromatic carbocycles. The first-order valence-corrected chi connectivity index (χ1v) is 6.48. The predicted octanol–water partition coefficient (Wildman–Crippen LogP) is 1.55. The van der Waals surface area contributed by atoms with E-state index in [1.54, 1.807) is 18.7 Å². The molecule has 0 rings (SSSR count). The number of carboxylic acids is 1. The van der Waals surface area contributed by atoms with Gasteiger partial charge in [0.15, 0.2) is 0 Å². The number of rotatable bonds is 8. The van der Waals surface area contributed by atoms with Gasteiger partial charge in [-0.3, -0.25) is 4.79 Å². The van der Waals surface area contributed by atoms with Crippen LogP contribution in [-0.4, -0.2) is 46.3 Å². The second-order valence-corrected chi connectivity index (χ2v) is 4.59. The van der Waals surface area contributed by atoms with Crippen molar-refractivity contribution in [2.75, 3.05) is 18.4 Å². The van der Waals surface area contributed by atoms with Gasteiger partial charge in [-0.1, -0.05) is 13.0 Å². The van der Waals surface area contributed by atoms with Gasteiger partial charge in [-0.25, -0.2) is 4.79 Å². The van der Waals surface area contributed by atoms with E-state index in [1.807, 2.05) is 6.92 Å². The quantitative estimate of drug-likeness (QED) is 0.408. The van der Waals surface area contributed by atoms with E-state index in [0.29, 0.717) is 5.94 Å². The standard InChI is InChI=1S/C11H19NO4S/c1-4-17-8-16-7-12(10(3)13)9(2)5-6-11(14)15/h5-6,9H,4,7-8H2,1-3H3,(H,14,15)/b6-5+. The van der Waals surface area contributed by atoms with Crippen LogP contribution >= 0.6 is 11.8 Å². The molecule has 0 aliphatic rings. The lowest BCUT2D eigenvalue weighted by atomic mass is 10.2. The summed E-state index contributed by atoms with van der Waals surface area (Å²) in [6.07, 6.45) is 2.49. The van der Waals surface area contributed by atoms with Crippen molar-refractivity contribution in [3.63, 3.8) is 0 Å². The number of carboxylic acid groups (broad SMARTS) is 1. The number of thioether (sulfide) groups is 1. The topological polar surface area (TPSA) is 66.8 Å². The summed E-state index contributed by atoms with van der Waals surface area (Å²) >= 11 is 1.62. The van der Waals surface area contributed by atoms with Crippen LogP contribution in [0.1, 0.15) is 20.8 Å². The molecular weight excluding hydrogens is 242 g/mol. The lowest BCUT2D eigenvalue weighted by Gasteiger charge is -2.25. The third-order valence-corrected chi connectivity index (χ3v) is 2.76. The van der Waals surface area contributed by atoms with Gasteiger partial charge in [-0.15, -0.1) is 11.8 Å². The van der Waals surface area contributed by atoms with Crippen LogP contribution in [0.15, 0.2) is 12.2 Å².